The number of H-pyrrole nitrogens is 1. The van der Waals surface area contributed by atoms with Crippen molar-refractivity contribution in [1.82, 2.24) is 14.5 Å². The van der Waals surface area contributed by atoms with Crippen LogP contribution in [0.2, 0.25) is 0 Å². The predicted octanol–water partition coefficient (Wildman–Crippen LogP) is 1.22. The number of methoxy groups -OCH3 is 1. The van der Waals surface area contributed by atoms with Gasteiger partial charge >= 0.3 is 11.7 Å². The van der Waals surface area contributed by atoms with Crippen LogP contribution in [-0.4, -0.2) is 45.7 Å². The number of benzene rings is 1. The molecule has 1 fully saturated rings. The molecule has 2 heterocycles. The van der Waals surface area contributed by atoms with Gasteiger partial charge in [0.15, 0.2) is 0 Å². The number of nitrogens with zero attached hydrogens (tertiary/aromatic N) is 2. The van der Waals surface area contributed by atoms with Gasteiger partial charge in [-0.2, -0.15) is 0 Å². The maximum absolute atomic E-state index is 13.0. The summed E-state index contributed by atoms with van der Waals surface area (Å²) in [5.41, 5.74) is -1.28. The van der Waals surface area contributed by atoms with Gasteiger partial charge in [0.1, 0.15) is 11.4 Å². The number of piperidine rings is 1. The SMILES string of the molecule is COc1ccc(-n2c(=O)[nH]c(C(=O)O)c(CN3CCCCC3)c2=O)cc1. The zero-order chi connectivity index (χ0) is 18.7. The summed E-state index contributed by atoms with van der Waals surface area (Å²) in [5.74, 6) is -0.720. The summed E-state index contributed by atoms with van der Waals surface area (Å²) < 4.78 is 6.05. The van der Waals surface area contributed by atoms with Gasteiger partial charge in [-0.1, -0.05) is 6.42 Å². The molecule has 8 nitrogen and oxygen atoms in total. The number of carboxylic acid groups (broad SMARTS) is 1. The molecular formula is C18H21N3O5. The minimum atomic E-state index is -1.31. The molecule has 0 aliphatic carbocycles. The summed E-state index contributed by atoms with van der Waals surface area (Å²) in [4.78, 5) is 41.3. The van der Waals surface area contributed by atoms with Crippen molar-refractivity contribution in [3.8, 4) is 11.4 Å². The van der Waals surface area contributed by atoms with Crippen molar-refractivity contribution in [3.63, 3.8) is 0 Å². The average molecular weight is 359 g/mol. The lowest BCUT2D eigenvalue weighted by Crippen LogP contribution is -2.41. The Bertz CT molecular complexity index is 908. The van der Waals surface area contributed by atoms with Crippen LogP contribution in [0.5, 0.6) is 5.75 Å². The number of aromatic carboxylic acids is 1. The number of aromatic amines is 1. The van der Waals surface area contributed by atoms with E-state index >= 15 is 0 Å². The van der Waals surface area contributed by atoms with Gasteiger partial charge in [0.05, 0.1) is 18.4 Å². The summed E-state index contributed by atoms with van der Waals surface area (Å²) in [6, 6.07) is 6.44. The number of hydrogen-bond donors (Lipinski definition) is 2. The molecule has 138 valence electrons. The Hall–Kier alpha value is -2.87. The highest BCUT2D eigenvalue weighted by molar-refractivity contribution is 5.86. The van der Waals surface area contributed by atoms with Crippen LogP contribution >= 0.6 is 0 Å². The fourth-order valence-electron chi connectivity index (χ4n) is 3.21. The molecule has 2 aromatic rings. The molecule has 1 aromatic heterocycles. The van der Waals surface area contributed by atoms with Crippen molar-refractivity contribution >= 4 is 5.97 Å². The fourth-order valence-corrected chi connectivity index (χ4v) is 3.21. The normalized spacial score (nSPS) is 15.0. The molecule has 0 unspecified atom stereocenters. The van der Waals surface area contributed by atoms with Gasteiger partial charge < -0.3 is 14.8 Å². The zero-order valence-corrected chi connectivity index (χ0v) is 14.5. The molecule has 3 rings (SSSR count). The molecule has 0 radical (unpaired) electrons. The van der Waals surface area contributed by atoms with Crippen molar-refractivity contribution in [3.05, 3.63) is 56.4 Å². The van der Waals surface area contributed by atoms with Crippen LogP contribution in [0, 0.1) is 0 Å². The molecule has 0 spiro atoms. The van der Waals surface area contributed by atoms with Gasteiger partial charge in [0, 0.05) is 6.54 Å². The lowest BCUT2D eigenvalue weighted by Gasteiger charge is -2.26. The maximum Gasteiger partial charge on any atom is 0.352 e. The van der Waals surface area contributed by atoms with E-state index in [-0.39, 0.29) is 17.8 Å². The predicted molar refractivity (Wildman–Crippen MR) is 95.3 cm³/mol. The Labute approximate surface area is 149 Å². The number of nitrogens with one attached hydrogen (secondary N) is 1. The van der Waals surface area contributed by atoms with Gasteiger partial charge in [-0.05, 0) is 50.2 Å². The third-order valence-electron chi connectivity index (χ3n) is 4.57. The number of aromatic nitrogens is 2. The largest absolute Gasteiger partial charge is 0.497 e. The van der Waals surface area contributed by atoms with E-state index in [1.807, 2.05) is 4.90 Å². The van der Waals surface area contributed by atoms with Crippen molar-refractivity contribution in [2.45, 2.75) is 25.8 Å². The Morgan fingerprint density at radius 2 is 1.81 bits per heavy atom. The van der Waals surface area contributed by atoms with Gasteiger partial charge in [0.25, 0.3) is 5.56 Å². The van der Waals surface area contributed by atoms with E-state index in [4.69, 9.17) is 4.74 Å². The van der Waals surface area contributed by atoms with E-state index in [9.17, 15) is 19.5 Å². The van der Waals surface area contributed by atoms with Crippen LogP contribution in [0.25, 0.3) is 5.69 Å². The summed E-state index contributed by atoms with van der Waals surface area (Å²) in [7, 11) is 1.52. The van der Waals surface area contributed by atoms with Crippen LogP contribution < -0.4 is 16.0 Å². The van der Waals surface area contributed by atoms with E-state index in [1.54, 1.807) is 24.3 Å². The smallest absolute Gasteiger partial charge is 0.352 e. The molecule has 26 heavy (non-hydrogen) atoms. The van der Waals surface area contributed by atoms with Gasteiger partial charge in [-0.3, -0.25) is 9.69 Å². The van der Waals surface area contributed by atoms with Crippen LogP contribution in [0.4, 0.5) is 0 Å². The first-order valence-corrected chi connectivity index (χ1v) is 8.49. The van der Waals surface area contributed by atoms with E-state index in [0.29, 0.717) is 11.4 Å². The van der Waals surface area contributed by atoms with Crippen LogP contribution in [0.15, 0.2) is 33.9 Å². The highest BCUT2D eigenvalue weighted by Crippen LogP contribution is 2.15. The van der Waals surface area contributed by atoms with E-state index in [2.05, 4.69) is 4.98 Å². The summed E-state index contributed by atoms with van der Waals surface area (Å²) in [5, 5.41) is 9.42. The molecular weight excluding hydrogens is 338 g/mol. The third kappa shape index (κ3) is 3.55. The third-order valence-corrected chi connectivity index (χ3v) is 4.57. The molecule has 0 bridgehead atoms. The summed E-state index contributed by atoms with van der Waals surface area (Å²) in [6.07, 6.45) is 3.15. The number of carbonyl (C=O) groups is 1. The van der Waals surface area contributed by atoms with E-state index in [0.717, 1.165) is 36.9 Å². The van der Waals surface area contributed by atoms with Crippen LogP contribution in [0.3, 0.4) is 0 Å². The second-order valence-electron chi connectivity index (χ2n) is 6.26. The average Bonchev–Trinajstić information content (AvgIpc) is 2.65. The summed E-state index contributed by atoms with van der Waals surface area (Å²) >= 11 is 0. The number of ether oxygens (including phenoxy) is 1. The first-order chi connectivity index (χ1) is 12.5. The standard InChI is InChI=1S/C18H21N3O5/c1-26-13-7-5-12(6-8-13)21-16(22)14(11-20-9-3-2-4-10-20)15(17(23)24)19-18(21)25/h5-8H,2-4,9-11H2,1H3,(H,19,25)(H,23,24). The lowest BCUT2D eigenvalue weighted by atomic mass is 10.1. The fraction of sp³-hybridized carbons (Fsp3) is 0.389. The molecule has 2 N–H and O–H groups in total. The quantitative estimate of drug-likeness (QED) is 0.832. The topological polar surface area (TPSA) is 105 Å². The second kappa shape index (κ2) is 7.57. The van der Waals surface area contributed by atoms with Gasteiger partial charge in [-0.15, -0.1) is 0 Å². The Morgan fingerprint density at radius 1 is 1.15 bits per heavy atom. The molecule has 1 saturated heterocycles. The highest BCUT2D eigenvalue weighted by atomic mass is 16.5. The molecule has 1 aliphatic heterocycles. The van der Waals surface area contributed by atoms with E-state index < -0.39 is 17.2 Å². The highest BCUT2D eigenvalue weighted by Gasteiger charge is 2.22. The zero-order valence-electron chi connectivity index (χ0n) is 14.5. The van der Waals surface area contributed by atoms with Crippen molar-refractivity contribution < 1.29 is 14.6 Å². The second-order valence-corrected chi connectivity index (χ2v) is 6.26. The van der Waals surface area contributed by atoms with Crippen molar-refractivity contribution in [1.29, 1.82) is 0 Å². The van der Waals surface area contributed by atoms with E-state index in [1.165, 1.54) is 7.11 Å². The Kier molecular flexibility index (Phi) is 5.22. The lowest BCUT2D eigenvalue weighted by molar-refractivity contribution is 0.0686. The van der Waals surface area contributed by atoms with Crippen LogP contribution in [-0.2, 0) is 6.54 Å². The Balaban J connectivity index is 2.10. The Morgan fingerprint density at radius 3 is 2.38 bits per heavy atom. The van der Waals surface area contributed by atoms with Crippen molar-refractivity contribution in [2.24, 2.45) is 0 Å². The minimum Gasteiger partial charge on any atom is -0.497 e. The molecule has 1 aromatic carbocycles. The maximum atomic E-state index is 13.0. The molecule has 1 aliphatic rings. The number of carboxylic acids is 1. The minimum absolute atomic E-state index is 0.0924. The number of hydrogen-bond acceptors (Lipinski definition) is 5. The molecule has 0 saturated carbocycles. The van der Waals surface area contributed by atoms with Gasteiger partial charge in [0.2, 0.25) is 0 Å². The van der Waals surface area contributed by atoms with Crippen molar-refractivity contribution in [2.75, 3.05) is 20.2 Å². The number of likely N-dealkylation sites (tertiary alicyclic amines) is 1. The summed E-state index contributed by atoms with van der Waals surface area (Å²) in [6.45, 7) is 1.81. The monoisotopic (exact) mass is 359 g/mol. The molecule has 0 atom stereocenters. The van der Waals surface area contributed by atoms with Gasteiger partial charge in [-0.25, -0.2) is 14.2 Å². The number of rotatable bonds is 5. The van der Waals surface area contributed by atoms with Crippen LogP contribution in [0.1, 0.15) is 35.3 Å². The first kappa shape index (κ1) is 17.9. The first-order valence-electron chi connectivity index (χ1n) is 8.49. The molecule has 8 heteroatoms. The molecule has 0 amide bonds.